The van der Waals surface area contributed by atoms with Gasteiger partial charge in [0.15, 0.2) is 36.2 Å². The Morgan fingerprint density at radius 3 is 2.04 bits per heavy atom. The summed E-state index contributed by atoms with van der Waals surface area (Å²) in [5.41, 5.74) is 0. The molecule has 0 amide bonds. The van der Waals surface area contributed by atoms with Crippen LogP contribution in [-0.2, 0) is 18.9 Å². The Morgan fingerprint density at radius 2 is 1.57 bits per heavy atom. The number of hydrogen-bond donors (Lipinski definition) is 0. The molecular formula is C14H19NO7S. The van der Waals surface area contributed by atoms with E-state index in [1.807, 2.05) is 6.07 Å². The molecule has 0 fully saturated rings. The third kappa shape index (κ3) is 6.52. The second-order valence-electron chi connectivity index (χ2n) is 4.01. The van der Waals surface area contributed by atoms with Gasteiger partial charge in [0.25, 0.3) is 0 Å². The first-order chi connectivity index (χ1) is 11.3. The van der Waals surface area contributed by atoms with Gasteiger partial charge in [-0.1, -0.05) is 0 Å². The molecule has 0 aliphatic rings. The van der Waals surface area contributed by atoms with E-state index in [1.165, 1.54) is 0 Å². The largest absolute Gasteiger partial charge is 0.462 e. The van der Waals surface area contributed by atoms with Crippen molar-refractivity contribution in [2.75, 3.05) is 54.2 Å². The van der Waals surface area contributed by atoms with Gasteiger partial charge in [-0.05, 0) is 0 Å². The minimum absolute atomic E-state index is 0.0893. The molecule has 1 aromatic heterocycles. The van der Waals surface area contributed by atoms with Crippen molar-refractivity contribution < 1.29 is 33.2 Å². The van der Waals surface area contributed by atoms with Crippen molar-refractivity contribution in [3.63, 3.8) is 0 Å². The zero-order valence-electron chi connectivity index (χ0n) is 13.0. The molecule has 0 aromatic carbocycles. The lowest BCUT2D eigenvalue weighted by Gasteiger charge is -2.10. The van der Waals surface area contributed by atoms with Crippen molar-refractivity contribution in [1.82, 2.24) is 0 Å². The zero-order chi connectivity index (χ0) is 16.9. The Morgan fingerprint density at radius 1 is 1.00 bits per heavy atom. The number of hydrogen-bond acceptors (Lipinski definition) is 9. The van der Waals surface area contributed by atoms with Crippen molar-refractivity contribution in [1.29, 1.82) is 5.26 Å². The van der Waals surface area contributed by atoms with E-state index in [-0.39, 0.29) is 34.8 Å². The monoisotopic (exact) mass is 345 g/mol. The summed E-state index contributed by atoms with van der Waals surface area (Å²) in [5, 5.41) is 9.13. The topological polar surface area (TPSA) is 96.2 Å². The van der Waals surface area contributed by atoms with Gasteiger partial charge in [0, 0.05) is 14.2 Å². The second-order valence-corrected chi connectivity index (χ2v) is 5.06. The fourth-order valence-corrected chi connectivity index (χ4v) is 2.24. The first-order valence-corrected chi connectivity index (χ1v) is 7.51. The predicted octanol–water partition coefficient (Wildman–Crippen LogP) is 1.43. The summed E-state index contributed by atoms with van der Waals surface area (Å²) in [6.45, 7) is 1.36. The average Bonchev–Trinajstić information content (AvgIpc) is 2.91. The normalized spacial score (nSPS) is 10.3. The Labute approximate surface area is 138 Å². The smallest absolute Gasteiger partial charge is 0.193 e. The Hall–Kier alpha value is -1.70. The predicted molar refractivity (Wildman–Crippen MR) is 81.1 cm³/mol. The molecule has 128 valence electrons. The van der Waals surface area contributed by atoms with Gasteiger partial charge in [0.2, 0.25) is 0 Å². The van der Waals surface area contributed by atoms with E-state index in [9.17, 15) is 4.79 Å². The van der Waals surface area contributed by atoms with E-state index in [0.717, 1.165) is 11.3 Å². The molecule has 9 heteroatoms. The Bertz CT molecular complexity index is 512. The summed E-state index contributed by atoms with van der Waals surface area (Å²) in [7, 11) is 3.12. The Balaban J connectivity index is 2.66. The highest BCUT2D eigenvalue weighted by Gasteiger charge is 2.21. The fraction of sp³-hybridized carbons (Fsp3) is 0.571. The molecule has 8 nitrogen and oxygen atoms in total. The van der Waals surface area contributed by atoms with Crippen molar-refractivity contribution in [2.24, 2.45) is 0 Å². The molecule has 0 aliphatic heterocycles. The van der Waals surface area contributed by atoms with Crippen LogP contribution in [0.3, 0.4) is 0 Å². The van der Waals surface area contributed by atoms with Crippen LogP contribution in [0.2, 0.25) is 0 Å². The lowest BCUT2D eigenvalue weighted by molar-refractivity contribution is -0.0205. The number of carbonyl (C=O) groups excluding carboxylic acids is 1. The molecule has 1 rings (SSSR count). The van der Waals surface area contributed by atoms with Gasteiger partial charge in [0.05, 0.1) is 26.4 Å². The summed E-state index contributed by atoms with van der Waals surface area (Å²) >= 11 is 0.983. The first kappa shape index (κ1) is 19.3. The van der Waals surface area contributed by atoms with E-state index in [0.29, 0.717) is 32.7 Å². The summed E-state index contributed by atoms with van der Waals surface area (Å²) in [4.78, 5) is 11.6. The molecule has 0 atom stereocenters. The number of rotatable bonds is 13. The summed E-state index contributed by atoms with van der Waals surface area (Å²) in [6, 6.07) is 1.97. The standard InChI is InChI=1S/C14H19NO7S/c1-17-3-5-19-9-21-13-11(7-15)23-12(8-16)14(13)22-10-20-6-4-18-2/h8H,3-6,9-10H2,1-2H3. The summed E-state index contributed by atoms with van der Waals surface area (Å²) in [6.07, 6.45) is 0.606. The molecular weight excluding hydrogens is 326 g/mol. The van der Waals surface area contributed by atoms with Crippen LogP contribution in [-0.4, -0.2) is 60.5 Å². The number of nitriles is 1. The van der Waals surface area contributed by atoms with Crippen LogP contribution in [0.15, 0.2) is 0 Å². The minimum atomic E-state index is -0.0906. The number of ether oxygens (including phenoxy) is 6. The SMILES string of the molecule is COCCOCOc1c(C#N)sc(C=O)c1OCOCCOC. The van der Waals surface area contributed by atoms with Crippen molar-refractivity contribution in [2.45, 2.75) is 0 Å². The van der Waals surface area contributed by atoms with Crippen molar-refractivity contribution in [3.8, 4) is 17.6 Å². The van der Waals surface area contributed by atoms with E-state index >= 15 is 0 Å². The number of aldehydes is 1. The van der Waals surface area contributed by atoms with Crippen LogP contribution in [0.4, 0.5) is 0 Å². The minimum Gasteiger partial charge on any atom is -0.462 e. The zero-order valence-corrected chi connectivity index (χ0v) is 13.8. The van der Waals surface area contributed by atoms with E-state index in [4.69, 9.17) is 33.7 Å². The third-order valence-corrected chi connectivity index (χ3v) is 3.48. The summed E-state index contributed by atoms with van der Waals surface area (Å²) < 4.78 is 30.9. The van der Waals surface area contributed by atoms with Crippen LogP contribution in [0.5, 0.6) is 11.5 Å². The van der Waals surface area contributed by atoms with Gasteiger partial charge >= 0.3 is 0 Å². The third-order valence-electron chi connectivity index (χ3n) is 2.49. The van der Waals surface area contributed by atoms with Crippen LogP contribution in [0.1, 0.15) is 14.5 Å². The quantitative estimate of drug-likeness (QED) is 0.301. The molecule has 1 aromatic rings. The lowest BCUT2D eigenvalue weighted by atomic mass is 10.3. The molecule has 0 aliphatic carbocycles. The highest BCUT2D eigenvalue weighted by Crippen LogP contribution is 2.41. The van der Waals surface area contributed by atoms with Crippen molar-refractivity contribution in [3.05, 3.63) is 9.75 Å². The van der Waals surface area contributed by atoms with E-state index in [2.05, 4.69) is 0 Å². The lowest BCUT2D eigenvalue weighted by Crippen LogP contribution is -2.10. The van der Waals surface area contributed by atoms with Crippen molar-refractivity contribution >= 4 is 17.6 Å². The molecule has 0 saturated carbocycles. The number of carbonyl (C=O) groups is 1. The highest BCUT2D eigenvalue weighted by atomic mass is 32.1. The molecule has 0 saturated heterocycles. The number of methoxy groups -OCH3 is 2. The van der Waals surface area contributed by atoms with Crippen LogP contribution in [0, 0.1) is 11.3 Å². The number of thiophene rings is 1. The van der Waals surface area contributed by atoms with Gasteiger partial charge in [-0.25, -0.2) is 0 Å². The van der Waals surface area contributed by atoms with Gasteiger partial charge in [-0.15, -0.1) is 11.3 Å². The van der Waals surface area contributed by atoms with Gasteiger partial charge in [-0.3, -0.25) is 4.79 Å². The number of nitrogens with zero attached hydrogens (tertiary/aromatic N) is 1. The van der Waals surface area contributed by atoms with E-state index < -0.39 is 0 Å². The highest BCUT2D eigenvalue weighted by molar-refractivity contribution is 7.15. The van der Waals surface area contributed by atoms with Gasteiger partial charge in [0.1, 0.15) is 10.9 Å². The maximum Gasteiger partial charge on any atom is 0.193 e. The van der Waals surface area contributed by atoms with Gasteiger partial charge in [-0.2, -0.15) is 5.26 Å². The molecule has 23 heavy (non-hydrogen) atoms. The fourth-order valence-electron chi connectivity index (χ4n) is 1.44. The average molecular weight is 345 g/mol. The summed E-state index contributed by atoms with van der Waals surface area (Å²) in [5.74, 6) is 0.349. The molecule has 1 heterocycles. The van der Waals surface area contributed by atoms with Crippen LogP contribution >= 0.6 is 11.3 Å². The molecule has 0 spiro atoms. The molecule has 0 unspecified atom stereocenters. The maximum absolute atomic E-state index is 11.1. The first-order valence-electron chi connectivity index (χ1n) is 6.69. The van der Waals surface area contributed by atoms with Gasteiger partial charge < -0.3 is 28.4 Å². The molecule has 0 N–H and O–H groups in total. The second kappa shape index (κ2) is 11.8. The maximum atomic E-state index is 11.1. The molecule has 0 bridgehead atoms. The van der Waals surface area contributed by atoms with E-state index in [1.54, 1.807) is 14.2 Å². The molecule has 0 radical (unpaired) electrons. The van der Waals surface area contributed by atoms with Crippen LogP contribution in [0.25, 0.3) is 0 Å². The Kier molecular flexibility index (Phi) is 9.94. The van der Waals surface area contributed by atoms with Crippen LogP contribution < -0.4 is 9.47 Å².